The van der Waals surface area contributed by atoms with Gasteiger partial charge in [0, 0.05) is 31.4 Å². The molecule has 1 heterocycles. The molecule has 0 saturated heterocycles. The van der Waals surface area contributed by atoms with Gasteiger partial charge in [0.05, 0.1) is 6.54 Å². The lowest BCUT2D eigenvalue weighted by Crippen LogP contribution is -2.32. The van der Waals surface area contributed by atoms with Gasteiger partial charge in [-0.3, -0.25) is 4.79 Å². The molecular weight excluding hydrogens is 387 g/mol. The molecule has 2 rings (SSSR count). The molecule has 172 valence electrons. The van der Waals surface area contributed by atoms with Gasteiger partial charge >= 0.3 is 0 Å². The summed E-state index contributed by atoms with van der Waals surface area (Å²) in [6.45, 7) is 6.59. The monoisotopic (exact) mass is 428 g/mol. The van der Waals surface area contributed by atoms with E-state index in [1.54, 1.807) is 0 Å². The summed E-state index contributed by atoms with van der Waals surface area (Å²) < 4.78 is 15.4. The van der Waals surface area contributed by atoms with Crippen LogP contribution in [0.15, 0.2) is 42.6 Å². The molecular formula is C27H41FN2O. The summed E-state index contributed by atoms with van der Waals surface area (Å²) in [5.74, 6) is 0.0636. The molecule has 1 aromatic heterocycles. The Morgan fingerprint density at radius 2 is 1.52 bits per heavy atom. The number of rotatable bonds is 16. The predicted molar refractivity (Wildman–Crippen MR) is 127 cm³/mol. The Bertz CT molecular complexity index is 738. The van der Waals surface area contributed by atoms with Crippen molar-refractivity contribution in [3.8, 4) is 0 Å². The van der Waals surface area contributed by atoms with Crippen LogP contribution in [0.1, 0.15) is 95.7 Å². The Morgan fingerprint density at radius 1 is 0.871 bits per heavy atom. The second-order valence-corrected chi connectivity index (χ2v) is 8.65. The fourth-order valence-corrected chi connectivity index (χ4v) is 3.97. The van der Waals surface area contributed by atoms with Crippen LogP contribution in [-0.4, -0.2) is 21.9 Å². The topological polar surface area (TPSA) is 25.2 Å². The number of aromatic nitrogens is 1. The van der Waals surface area contributed by atoms with Crippen LogP contribution in [0.25, 0.3) is 0 Å². The zero-order chi connectivity index (χ0) is 22.3. The maximum absolute atomic E-state index is 13.2. The number of amides is 1. The second-order valence-electron chi connectivity index (χ2n) is 8.65. The highest BCUT2D eigenvalue weighted by Crippen LogP contribution is 2.15. The predicted octanol–water partition coefficient (Wildman–Crippen LogP) is 7.34. The summed E-state index contributed by atoms with van der Waals surface area (Å²) >= 11 is 0. The Kier molecular flexibility index (Phi) is 12.0. The number of hydrogen-bond donors (Lipinski definition) is 0. The van der Waals surface area contributed by atoms with Crippen molar-refractivity contribution in [2.75, 3.05) is 6.54 Å². The molecule has 4 heteroatoms. The molecule has 0 unspecified atom stereocenters. The average molecular weight is 429 g/mol. The van der Waals surface area contributed by atoms with E-state index in [2.05, 4.69) is 24.5 Å². The molecule has 3 nitrogen and oxygen atoms in total. The van der Waals surface area contributed by atoms with Crippen molar-refractivity contribution in [2.24, 2.45) is 0 Å². The second kappa shape index (κ2) is 14.8. The third-order valence-corrected chi connectivity index (χ3v) is 5.92. The Balaban J connectivity index is 1.90. The van der Waals surface area contributed by atoms with E-state index in [1.165, 1.54) is 44.2 Å². The van der Waals surface area contributed by atoms with Gasteiger partial charge in [0.15, 0.2) is 0 Å². The van der Waals surface area contributed by atoms with Crippen molar-refractivity contribution in [3.05, 3.63) is 59.7 Å². The first-order valence-corrected chi connectivity index (χ1v) is 12.3. The van der Waals surface area contributed by atoms with Gasteiger partial charge in [-0.15, -0.1) is 0 Å². The lowest BCUT2D eigenvalue weighted by atomic mass is 10.1. The van der Waals surface area contributed by atoms with E-state index in [9.17, 15) is 9.18 Å². The van der Waals surface area contributed by atoms with Gasteiger partial charge in [0.25, 0.3) is 0 Å². The van der Waals surface area contributed by atoms with Crippen molar-refractivity contribution in [2.45, 2.75) is 97.6 Å². The summed E-state index contributed by atoms with van der Waals surface area (Å²) in [5.41, 5.74) is 2.19. The van der Waals surface area contributed by atoms with Crippen LogP contribution in [0.4, 0.5) is 4.39 Å². The Morgan fingerprint density at radius 3 is 2.23 bits per heavy atom. The molecule has 0 N–H and O–H groups in total. The summed E-state index contributed by atoms with van der Waals surface area (Å²) in [5, 5.41) is 0. The quantitative estimate of drug-likeness (QED) is 0.257. The molecule has 0 aliphatic carbocycles. The van der Waals surface area contributed by atoms with Crippen LogP contribution in [0.3, 0.4) is 0 Å². The largest absolute Gasteiger partial charge is 0.345 e. The first kappa shape index (κ1) is 25.2. The van der Waals surface area contributed by atoms with Crippen molar-refractivity contribution in [3.63, 3.8) is 0 Å². The zero-order valence-corrected chi connectivity index (χ0v) is 19.6. The highest BCUT2D eigenvalue weighted by atomic mass is 19.1. The van der Waals surface area contributed by atoms with Crippen LogP contribution < -0.4 is 0 Å². The molecule has 1 aromatic carbocycles. The van der Waals surface area contributed by atoms with E-state index in [0.29, 0.717) is 19.5 Å². The van der Waals surface area contributed by atoms with Crippen LogP contribution in [-0.2, 0) is 17.9 Å². The van der Waals surface area contributed by atoms with Crippen LogP contribution >= 0.6 is 0 Å². The third kappa shape index (κ3) is 9.71. The fourth-order valence-electron chi connectivity index (χ4n) is 3.97. The molecule has 0 atom stereocenters. The van der Waals surface area contributed by atoms with Crippen molar-refractivity contribution >= 4 is 5.91 Å². The molecule has 0 fully saturated rings. The van der Waals surface area contributed by atoms with E-state index in [-0.39, 0.29) is 11.7 Å². The SMILES string of the molecule is CCCCCCCCCC(=O)N(CCCCC)Cc1cccn1Cc1ccc(F)cc1. The molecule has 1 amide bonds. The van der Waals surface area contributed by atoms with Gasteiger partial charge in [0.1, 0.15) is 5.82 Å². The van der Waals surface area contributed by atoms with E-state index >= 15 is 0 Å². The first-order valence-electron chi connectivity index (χ1n) is 12.3. The molecule has 2 aromatic rings. The van der Waals surface area contributed by atoms with Crippen LogP contribution in [0.2, 0.25) is 0 Å². The average Bonchev–Trinajstić information content (AvgIpc) is 3.20. The van der Waals surface area contributed by atoms with Gasteiger partial charge in [0.2, 0.25) is 5.91 Å². The van der Waals surface area contributed by atoms with Gasteiger partial charge in [-0.25, -0.2) is 4.39 Å². The van der Waals surface area contributed by atoms with Gasteiger partial charge in [-0.1, -0.05) is 77.3 Å². The molecule has 0 spiro atoms. The van der Waals surface area contributed by atoms with E-state index in [4.69, 9.17) is 0 Å². The van der Waals surface area contributed by atoms with E-state index < -0.39 is 0 Å². The smallest absolute Gasteiger partial charge is 0.222 e. The van der Waals surface area contributed by atoms with Gasteiger partial charge in [-0.05, 0) is 42.7 Å². The van der Waals surface area contributed by atoms with E-state index in [0.717, 1.165) is 49.9 Å². The summed E-state index contributed by atoms with van der Waals surface area (Å²) in [6, 6.07) is 10.8. The number of unbranched alkanes of at least 4 members (excludes halogenated alkanes) is 8. The maximum atomic E-state index is 13.2. The number of benzene rings is 1. The molecule has 0 radical (unpaired) electrons. The normalized spacial score (nSPS) is 11.1. The zero-order valence-electron chi connectivity index (χ0n) is 19.6. The number of nitrogens with zero attached hydrogens (tertiary/aromatic N) is 2. The van der Waals surface area contributed by atoms with Crippen molar-refractivity contribution in [1.29, 1.82) is 0 Å². The lowest BCUT2D eigenvalue weighted by Gasteiger charge is -2.24. The van der Waals surface area contributed by atoms with Gasteiger partial charge < -0.3 is 9.47 Å². The molecule has 0 aliphatic heterocycles. The highest BCUT2D eigenvalue weighted by molar-refractivity contribution is 5.76. The molecule has 0 aliphatic rings. The minimum atomic E-state index is -0.213. The van der Waals surface area contributed by atoms with Crippen LogP contribution in [0, 0.1) is 5.82 Å². The highest BCUT2D eigenvalue weighted by Gasteiger charge is 2.15. The van der Waals surface area contributed by atoms with E-state index in [1.807, 2.05) is 29.3 Å². The van der Waals surface area contributed by atoms with Crippen molar-refractivity contribution < 1.29 is 9.18 Å². The standard InChI is InChI=1S/C27H41FN2O/c1-3-5-7-8-9-10-11-15-27(31)30(20-12-6-4-2)23-26-14-13-21-29(26)22-24-16-18-25(28)19-17-24/h13-14,16-19,21H,3-12,15,20,22-23H2,1-2H3. The number of carbonyl (C=O) groups is 1. The minimum Gasteiger partial charge on any atom is -0.345 e. The summed E-state index contributed by atoms with van der Waals surface area (Å²) in [4.78, 5) is 15.0. The Labute approximate surface area is 188 Å². The number of halogens is 1. The summed E-state index contributed by atoms with van der Waals surface area (Å²) in [6.07, 6.45) is 14.6. The lowest BCUT2D eigenvalue weighted by molar-refractivity contribution is -0.132. The molecule has 31 heavy (non-hydrogen) atoms. The third-order valence-electron chi connectivity index (χ3n) is 5.92. The van der Waals surface area contributed by atoms with Crippen LogP contribution in [0.5, 0.6) is 0 Å². The minimum absolute atomic E-state index is 0.213. The Hall–Kier alpha value is -2.10. The number of carbonyl (C=O) groups excluding carboxylic acids is 1. The fraction of sp³-hybridized carbons (Fsp3) is 0.593. The summed E-state index contributed by atoms with van der Waals surface area (Å²) in [7, 11) is 0. The number of hydrogen-bond acceptors (Lipinski definition) is 1. The maximum Gasteiger partial charge on any atom is 0.222 e. The molecule has 0 saturated carbocycles. The van der Waals surface area contributed by atoms with Crippen molar-refractivity contribution in [1.82, 2.24) is 9.47 Å². The molecule has 0 bridgehead atoms. The first-order chi connectivity index (χ1) is 15.1. The van der Waals surface area contributed by atoms with Gasteiger partial charge in [-0.2, -0.15) is 0 Å².